The number of hydrogen-bond donors (Lipinski definition) is 2. The van der Waals surface area contributed by atoms with E-state index in [-0.39, 0.29) is 11.9 Å². The fourth-order valence-corrected chi connectivity index (χ4v) is 2.17. The van der Waals surface area contributed by atoms with Gasteiger partial charge in [-0.15, -0.1) is 0 Å². The molecule has 98 valence electrons. The third kappa shape index (κ3) is 3.28. The number of morpholine rings is 1. The molecule has 2 N–H and O–H groups in total. The molecule has 0 saturated carbocycles. The molecule has 1 heterocycles. The largest absolute Gasteiger partial charge is 0.378 e. The topological polar surface area (TPSA) is 50.4 Å². The highest BCUT2D eigenvalue weighted by Gasteiger charge is 2.22. The molecule has 0 spiro atoms. The van der Waals surface area contributed by atoms with Gasteiger partial charge in [0.1, 0.15) is 6.04 Å². The molecule has 1 saturated heterocycles. The molecule has 1 aliphatic rings. The van der Waals surface area contributed by atoms with Gasteiger partial charge in [-0.1, -0.05) is 34.8 Å². The summed E-state index contributed by atoms with van der Waals surface area (Å²) in [7, 11) is 0. The Bertz CT molecular complexity index is 462. The molecule has 2 rings (SSSR count). The van der Waals surface area contributed by atoms with Crippen molar-refractivity contribution in [1.82, 2.24) is 5.32 Å². The predicted molar refractivity (Wildman–Crippen MR) is 72.7 cm³/mol. The van der Waals surface area contributed by atoms with E-state index < -0.39 is 0 Å². The molecular weight excluding hydrogens is 298 g/mol. The van der Waals surface area contributed by atoms with Crippen molar-refractivity contribution in [1.29, 1.82) is 0 Å². The monoisotopic (exact) mass is 308 g/mol. The fourth-order valence-electron chi connectivity index (χ4n) is 1.57. The van der Waals surface area contributed by atoms with Crippen molar-refractivity contribution in [2.45, 2.75) is 6.04 Å². The number of hydrogen-bond acceptors (Lipinski definition) is 3. The summed E-state index contributed by atoms with van der Waals surface area (Å²) in [5, 5.41) is 6.76. The highest BCUT2D eigenvalue weighted by molar-refractivity contribution is 6.44. The molecule has 0 radical (unpaired) electrons. The predicted octanol–water partition coefficient (Wildman–Crippen LogP) is 2.57. The lowest BCUT2D eigenvalue weighted by molar-refractivity contribution is -0.120. The minimum Gasteiger partial charge on any atom is -0.378 e. The number of rotatable bonds is 2. The Morgan fingerprint density at radius 3 is 2.67 bits per heavy atom. The van der Waals surface area contributed by atoms with Crippen LogP contribution in [0.1, 0.15) is 0 Å². The average Bonchev–Trinajstić information content (AvgIpc) is 2.37. The lowest BCUT2D eigenvalue weighted by atomic mass is 10.2. The van der Waals surface area contributed by atoms with Crippen LogP contribution in [0.5, 0.6) is 0 Å². The molecule has 0 aromatic heterocycles. The zero-order valence-electron chi connectivity index (χ0n) is 9.30. The lowest BCUT2D eigenvalue weighted by Crippen LogP contribution is -2.48. The Morgan fingerprint density at radius 2 is 2.00 bits per heavy atom. The van der Waals surface area contributed by atoms with Gasteiger partial charge in [-0.3, -0.25) is 4.79 Å². The summed E-state index contributed by atoms with van der Waals surface area (Å²) in [6, 6.07) is 2.63. The van der Waals surface area contributed by atoms with Crippen molar-refractivity contribution in [2.24, 2.45) is 0 Å². The number of carbonyl (C=O) groups excluding carboxylic acids is 1. The summed E-state index contributed by atoms with van der Waals surface area (Å²) >= 11 is 17.7. The highest BCUT2D eigenvalue weighted by Crippen LogP contribution is 2.32. The van der Waals surface area contributed by atoms with Crippen LogP contribution in [0.15, 0.2) is 12.1 Å². The van der Waals surface area contributed by atoms with E-state index in [9.17, 15) is 4.79 Å². The molecule has 0 aliphatic carbocycles. The Balaban J connectivity index is 2.08. The normalized spacial score (nSPS) is 19.6. The third-order valence-corrected chi connectivity index (χ3v) is 3.54. The van der Waals surface area contributed by atoms with Crippen molar-refractivity contribution >= 4 is 46.4 Å². The summed E-state index contributed by atoms with van der Waals surface area (Å²) in [6.07, 6.45) is 0. The minimum atomic E-state index is -0.385. The second-order valence-corrected chi connectivity index (χ2v) is 5.04. The molecule has 1 fully saturated rings. The van der Waals surface area contributed by atoms with Gasteiger partial charge < -0.3 is 15.4 Å². The molecule has 1 aliphatic heterocycles. The third-order valence-electron chi connectivity index (χ3n) is 2.51. The number of anilines is 1. The molecule has 1 amide bonds. The van der Waals surface area contributed by atoms with Gasteiger partial charge in [0.2, 0.25) is 5.91 Å². The van der Waals surface area contributed by atoms with Crippen LogP contribution in [-0.4, -0.2) is 31.7 Å². The van der Waals surface area contributed by atoms with Gasteiger partial charge in [-0.2, -0.15) is 0 Å². The van der Waals surface area contributed by atoms with E-state index in [0.717, 1.165) is 0 Å². The number of amides is 1. The van der Waals surface area contributed by atoms with Crippen LogP contribution in [0.25, 0.3) is 0 Å². The summed E-state index contributed by atoms with van der Waals surface area (Å²) in [6.45, 7) is 1.59. The van der Waals surface area contributed by atoms with Crippen LogP contribution in [0.4, 0.5) is 5.69 Å². The Kier molecular flexibility index (Phi) is 4.70. The first-order valence-electron chi connectivity index (χ1n) is 5.34. The summed E-state index contributed by atoms with van der Waals surface area (Å²) in [5.74, 6) is -0.213. The van der Waals surface area contributed by atoms with Crippen LogP contribution in [0, 0.1) is 0 Å². The molecular formula is C11H11Cl3N2O2. The van der Waals surface area contributed by atoms with Gasteiger partial charge in [0.05, 0.1) is 34.0 Å². The lowest BCUT2D eigenvalue weighted by Gasteiger charge is -2.23. The summed E-state index contributed by atoms with van der Waals surface area (Å²) < 4.78 is 5.21. The van der Waals surface area contributed by atoms with Crippen LogP contribution in [0.3, 0.4) is 0 Å². The van der Waals surface area contributed by atoms with Crippen molar-refractivity contribution in [3.8, 4) is 0 Å². The Hall–Kier alpha value is -0.520. The fraction of sp³-hybridized carbons (Fsp3) is 0.364. The molecule has 0 bridgehead atoms. The van der Waals surface area contributed by atoms with E-state index in [1.165, 1.54) is 12.1 Å². The average molecular weight is 310 g/mol. The van der Waals surface area contributed by atoms with Gasteiger partial charge in [0.25, 0.3) is 0 Å². The van der Waals surface area contributed by atoms with E-state index in [2.05, 4.69) is 10.6 Å². The molecule has 1 atom stereocenters. The zero-order chi connectivity index (χ0) is 13.1. The molecule has 7 heteroatoms. The van der Waals surface area contributed by atoms with Gasteiger partial charge >= 0.3 is 0 Å². The van der Waals surface area contributed by atoms with Crippen molar-refractivity contribution in [2.75, 3.05) is 25.1 Å². The van der Waals surface area contributed by atoms with E-state index in [1.54, 1.807) is 0 Å². The van der Waals surface area contributed by atoms with E-state index in [0.29, 0.717) is 40.5 Å². The standard InChI is InChI=1S/C11H11Cl3N2O2/c12-6-3-8(14)9(4-7(6)13)16-11(17)10-5-18-2-1-15-10/h3-4,10,15H,1-2,5H2,(H,16,17). The first-order valence-corrected chi connectivity index (χ1v) is 6.48. The molecule has 1 aromatic rings. The van der Waals surface area contributed by atoms with Crippen LogP contribution in [0.2, 0.25) is 15.1 Å². The van der Waals surface area contributed by atoms with Crippen LogP contribution >= 0.6 is 34.8 Å². The smallest absolute Gasteiger partial charge is 0.243 e. The van der Waals surface area contributed by atoms with Crippen molar-refractivity contribution in [3.63, 3.8) is 0 Å². The molecule has 1 aromatic carbocycles. The zero-order valence-corrected chi connectivity index (χ0v) is 11.6. The first kappa shape index (κ1) is 13.9. The maximum Gasteiger partial charge on any atom is 0.243 e. The van der Waals surface area contributed by atoms with Gasteiger partial charge in [-0.05, 0) is 12.1 Å². The van der Waals surface area contributed by atoms with Crippen LogP contribution < -0.4 is 10.6 Å². The minimum absolute atomic E-state index is 0.213. The Morgan fingerprint density at radius 1 is 1.28 bits per heavy atom. The maximum absolute atomic E-state index is 11.9. The number of carbonyl (C=O) groups is 1. The van der Waals surface area contributed by atoms with Gasteiger partial charge in [-0.25, -0.2) is 0 Å². The number of ether oxygens (including phenoxy) is 1. The van der Waals surface area contributed by atoms with Gasteiger partial charge in [0.15, 0.2) is 0 Å². The van der Waals surface area contributed by atoms with Crippen molar-refractivity contribution in [3.05, 3.63) is 27.2 Å². The number of benzene rings is 1. The maximum atomic E-state index is 11.9. The second-order valence-electron chi connectivity index (χ2n) is 3.82. The molecule has 1 unspecified atom stereocenters. The number of halogens is 3. The first-order chi connectivity index (χ1) is 8.58. The summed E-state index contributed by atoms with van der Waals surface area (Å²) in [5.41, 5.74) is 0.434. The summed E-state index contributed by atoms with van der Waals surface area (Å²) in [4.78, 5) is 11.9. The highest BCUT2D eigenvalue weighted by atomic mass is 35.5. The Labute approximate surface area is 120 Å². The van der Waals surface area contributed by atoms with E-state index in [4.69, 9.17) is 39.5 Å². The second kappa shape index (κ2) is 6.08. The molecule has 4 nitrogen and oxygen atoms in total. The quantitative estimate of drug-likeness (QED) is 0.826. The van der Waals surface area contributed by atoms with E-state index in [1.807, 2.05) is 0 Å². The number of nitrogens with one attached hydrogen (secondary N) is 2. The van der Waals surface area contributed by atoms with E-state index >= 15 is 0 Å². The SMILES string of the molecule is O=C(Nc1cc(Cl)c(Cl)cc1Cl)C1COCCN1. The van der Waals surface area contributed by atoms with Crippen molar-refractivity contribution < 1.29 is 9.53 Å². The van der Waals surface area contributed by atoms with Gasteiger partial charge in [0, 0.05) is 6.54 Å². The molecule has 18 heavy (non-hydrogen) atoms. The van der Waals surface area contributed by atoms with Crippen LogP contribution in [-0.2, 0) is 9.53 Å².